The number of para-hydroxylation sites is 1. The molecule has 0 bridgehead atoms. The summed E-state index contributed by atoms with van der Waals surface area (Å²) < 4.78 is 16.5. The number of hydrogen-bond donors (Lipinski definition) is 1. The van der Waals surface area contributed by atoms with Crippen LogP contribution >= 0.6 is 0 Å². The molecule has 0 aliphatic heterocycles. The van der Waals surface area contributed by atoms with Gasteiger partial charge >= 0.3 is 0 Å². The minimum Gasteiger partial charge on any atom is -0.493 e. The average Bonchev–Trinajstić information content (AvgIpc) is 2.57. The van der Waals surface area contributed by atoms with Crippen LogP contribution in [0.15, 0.2) is 18.2 Å². The van der Waals surface area contributed by atoms with Crippen molar-refractivity contribution in [2.45, 2.75) is 52.9 Å². The Balaban J connectivity index is 2.82. The largest absolute Gasteiger partial charge is 0.493 e. The molecular formula is C20H35NO4. The summed E-state index contributed by atoms with van der Waals surface area (Å²) in [5.74, 6) is 2.10. The van der Waals surface area contributed by atoms with Gasteiger partial charge in [0.1, 0.15) is 0 Å². The standard InChI is InChI=1S/C20H35NO4/c1-15(2)10-11-21(13-18(22)14-25-16(3)4)12-17-8-7-9-19(23-5)20(17)24-6/h7-9,15-16,18,22H,10-14H2,1-6H3/t18-/m0/s1. The number of aliphatic hydroxyl groups excluding tert-OH is 1. The molecular weight excluding hydrogens is 318 g/mol. The molecule has 1 N–H and O–H groups in total. The molecule has 0 saturated carbocycles. The number of hydrogen-bond acceptors (Lipinski definition) is 5. The highest BCUT2D eigenvalue weighted by atomic mass is 16.5. The second-order valence-corrected chi connectivity index (χ2v) is 7.11. The molecule has 25 heavy (non-hydrogen) atoms. The minimum absolute atomic E-state index is 0.122. The first-order valence-electron chi connectivity index (χ1n) is 9.09. The highest BCUT2D eigenvalue weighted by molar-refractivity contribution is 5.46. The van der Waals surface area contributed by atoms with Gasteiger partial charge in [-0.2, -0.15) is 0 Å². The molecule has 144 valence electrons. The normalized spacial score (nSPS) is 12.9. The average molecular weight is 354 g/mol. The second kappa shape index (κ2) is 11.3. The van der Waals surface area contributed by atoms with Crippen LogP contribution in [0.4, 0.5) is 0 Å². The summed E-state index contributed by atoms with van der Waals surface area (Å²) in [5, 5.41) is 10.3. The number of methoxy groups -OCH3 is 2. The molecule has 0 aromatic heterocycles. The lowest BCUT2D eigenvalue weighted by atomic mass is 10.1. The maximum Gasteiger partial charge on any atom is 0.165 e. The third kappa shape index (κ3) is 8.08. The van der Waals surface area contributed by atoms with E-state index in [2.05, 4.69) is 18.7 Å². The predicted octanol–water partition coefficient (Wildman–Crippen LogP) is 3.34. The summed E-state index contributed by atoms with van der Waals surface area (Å²) in [7, 11) is 3.30. The Bertz CT molecular complexity index is 491. The van der Waals surface area contributed by atoms with Crippen LogP contribution in [0.5, 0.6) is 11.5 Å². The first-order chi connectivity index (χ1) is 11.9. The lowest BCUT2D eigenvalue weighted by molar-refractivity contribution is -0.0100. The molecule has 0 aliphatic carbocycles. The van der Waals surface area contributed by atoms with E-state index in [0.29, 0.717) is 25.6 Å². The molecule has 0 saturated heterocycles. The number of rotatable bonds is 12. The number of aliphatic hydroxyl groups is 1. The molecule has 0 heterocycles. The van der Waals surface area contributed by atoms with Gasteiger partial charge in [0.05, 0.1) is 33.0 Å². The molecule has 0 fully saturated rings. The van der Waals surface area contributed by atoms with Crippen LogP contribution in [0.1, 0.15) is 39.7 Å². The van der Waals surface area contributed by atoms with Gasteiger partial charge in [-0.05, 0) is 38.8 Å². The van der Waals surface area contributed by atoms with Crippen LogP contribution in [0, 0.1) is 5.92 Å². The van der Waals surface area contributed by atoms with Crippen molar-refractivity contribution >= 4 is 0 Å². The topological polar surface area (TPSA) is 51.2 Å². The van der Waals surface area contributed by atoms with E-state index < -0.39 is 6.10 Å². The van der Waals surface area contributed by atoms with Crippen molar-refractivity contribution in [1.82, 2.24) is 4.90 Å². The Labute approximate surface area is 152 Å². The fraction of sp³-hybridized carbons (Fsp3) is 0.700. The maximum atomic E-state index is 10.3. The molecule has 0 aliphatic rings. The van der Waals surface area contributed by atoms with Crippen LogP contribution in [0.2, 0.25) is 0 Å². The van der Waals surface area contributed by atoms with Gasteiger partial charge in [0, 0.05) is 18.7 Å². The van der Waals surface area contributed by atoms with Gasteiger partial charge < -0.3 is 19.3 Å². The molecule has 1 atom stereocenters. The molecule has 0 spiro atoms. The third-order valence-electron chi connectivity index (χ3n) is 3.99. The van der Waals surface area contributed by atoms with E-state index in [4.69, 9.17) is 14.2 Å². The SMILES string of the molecule is COc1cccc(CN(CCC(C)C)C[C@H](O)COC(C)C)c1OC. The molecule has 1 rings (SSSR count). The van der Waals surface area contributed by atoms with Gasteiger partial charge in [0.2, 0.25) is 0 Å². The Morgan fingerprint density at radius 2 is 1.80 bits per heavy atom. The van der Waals surface area contributed by atoms with Gasteiger partial charge in [-0.1, -0.05) is 26.0 Å². The maximum absolute atomic E-state index is 10.3. The van der Waals surface area contributed by atoms with Crippen LogP contribution in [0.3, 0.4) is 0 Å². The van der Waals surface area contributed by atoms with Crippen molar-refractivity contribution in [3.8, 4) is 11.5 Å². The second-order valence-electron chi connectivity index (χ2n) is 7.11. The lowest BCUT2D eigenvalue weighted by Crippen LogP contribution is -2.36. The Morgan fingerprint density at radius 3 is 2.36 bits per heavy atom. The highest BCUT2D eigenvalue weighted by Gasteiger charge is 2.17. The van der Waals surface area contributed by atoms with E-state index in [1.54, 1.807) is 14.2 Å². The van der Waals surface area contributed by atoms with E-state index in [1.807, 2.05) is 32.0 Å². The summed E-state index contributed by atoms with van der Waals surface area (Å²) >= 11 is 0. The Morgan fingerprint density at radius 1 is 1.08 bits per heavy atom. The van der Waals surface area contributed by atoms with E-state index in [-0.39, 0.29) is 6.10 Å². The van der Waals surface area contributed by atoms with Crippen molar-refractivity contribution in [3.63, 3.8) is 0 Å². The van der Waals surface area contributed by atoms with Crippen molar-refractivity contribution < 1.29 is 19.3 Å². The summed E-state index contributed by atoms with van der Waals surface area (Å²) in [6.45, 7) is 10.9. The van der Waals surface area contributed by atoms with Gasteiger partial charge in [-0.25, -0.2) is 0 Å². The van der Waals surface area contributed by atoms with Crippen molar-refractivity contribution in [3.05, 3.63) is 23.8 Å². The van der Waals surface area contributed by atoms with Crippen molar-refractivity contribution in [2.75, 3.05) is 33.9 Å². The molecule has 0 radical (unpaired) electrons. The quantitative estimate of drug-likeness (QED) is 0.625. The summed E-state index contributed by atoms with van der Waals surface area (Å²) in [5.41, 5.74) is 1.06. The fourth-order valence-electron chi connectivity index (χ4n) is 2.65. The van der Waals surface area contributed by atoms with Crippen LogP contribution in [-0.2, 0) is 11.3 Å². The van der Waals surface area contributed by atoms with Crippen LogP contribution in [-0.4, -0.2) is 56.1 Å². The van der Waals surface area contributed by atoms with Crippen LogP contribution in [0.25, 0.3) is 0 Å². The number of ether oxygens (including phenoxy) is 3. The smallest absolute Gasteiger partial charge is 0.165 e. The van der Waals surface area contributed by atoms with Crippen LogP contribution < -0.4 is 9.47 Å². The van der Waals surface area contributed by atoms with Crippen molar-refractivity contribution in [1.29, 1.82) is 0 Å². The summed E-state index contributed by atoms with van der Waals surface area (Å²) in [6, 6.07) is 5.91. The number of benzene rings is 1. The molecule has 0 amide bonds. The molecule has 1 aromatic rings. The third-order valence-corrected chi connectivity index (χ3v) is 3.99. The van der Waals surface area contributed by atoms with Gasteiger partial charge in [-0.15, -0.1) is 0 Å². The zero-order valence-corrected chi connectivity index (χ0v) is 16.6. The zero-order chi connectivity index (χ0) is 18.8. The van der Waals surface area contributed by atoms with E-state index >= 15 is 0 Å². The lowest BCUT2D eigenvalue weighted by Gasteiger charge is -2.27. The molecule has 0 unspecified atom stereocenters. The van der Waals surface area contributed by atoms with Gasteiger partial charge in [-0.3, -0.25) is 4.90 Å². The van der Waals surface area contributed by atoms with Crippen molar-refractivity contribution in [2.24, 2.45) is 5.92 Å². The summed E-state index contributed by atoms with van der Waals surface area (Å²) in [6.07, 6.45) is 0.688. The Hall–Kier alpha value is -1.30. The van der Waals surface area contributed by atoms with E-state index in [0.717, 1.165) is 30.0 Å². The Kier molecular flexibility index (Phi) is 9.86. The molecule has 5 nitrogen and oxygen atoms in total. The highest BCUT2D eigenvalue weighted by Crippen LogP contribution is 2.31. The molecule has 1 aromatic carbocycles. The minimum atomic E-state index is -0.508. The molecule has 5 heteroatoms. The first-order valence-corrected chi connectivity index (χ1v) is 9.09. The predicted molar refractivity (Wildman–Crippen MR) is 101 cm³/mol. The zero-order valence-electron chi connectivity index (χ0n) is 16.6. The van der Waals surface area contributed by atoms with E-state index in [9.17, 15) is 5.11 Å². The van der Waals surface area contributed by atoms with Gasteiger partial charge in [0.25, 0.3) is 0 Å². The summed E-state index contributed by atoms with van der Waals surface area (Å²) in [4.78, 5) is 2.26. The van der Waals surface area contributed by atoms with E-state index in [1.165, 1.54) is 0 Å². The first kappa shape index (κ1) is 21.7. The number of nitrogens with zero attached hydrogens (tertiary/aromatic N) is 1. The van der Waals surface area contributed by atoms with Gasteiger partial charge in [0.15, 0.2) is 11.5 Å². The fourth-order valence-corrected chi connectivity index (χ4v) is 2.65. The monoisotopic (exact) mass is 353 g/mol.